The molecule has 0 atom stereocenters. The molecule has 5 heteroatoms. The standard InChI is InChI=1S/C12H16ClNO2S/c1-2-3-10-14-17(15,16)12-6-4-11(5-7-12)8-9-13/h2,4-7,14H,1,3,8-10H2. The second-order valence-electron chi connectivity index (χ2n) is 3.56. The van der Waals surface area contributed by atoms with E-state index in [9.17, 15) is 8.42 Å². The van der Waals surface area contributed by atoms with Crippen molar-refractivity contribution in [2.24, 2.45) is 0 Å². The Morgan fingerprint density at radius 2 is 1.94 bits per heavy atom. The summed E-state index contributed by atoms with van der Waals surface area (Å²) in [6, 6.07) is 6.76. The molecule has 94 valence electrons. The molecule has 1 aromatic carbocycles. The highest BCUT2D eigenvalue weighted by Gasteiger charge is 2.12. The lowest BCUT2D eigenvalue weighted by molar-refractivity contribution is 0.582. The van der Waals surface area contributed by atoms with Gasteiger partial charge in [0.05, 0.1) is 4.90 Å². The Balaban J connectivity index is 2.74. The summed E-state index contributed by atoms with van der Waals surface area (Å²) in [7, 11) is -3.39. The van der Waals surface area contributed by atoms with Gasteiger partial charge in [-0.15, -0.1) is 18.2 Å². The molecule has 1 N–H and O–H groups in total. The maximum Gasteiger partial charge on any atom is 0.240 e. The van der Waals surface area contributed by atoms with Crippen molar-refractivity contribution >= 4 is 21.6 Å². The fourth-order valence-electron chi connectivity index (χ4n) is 1.32. The number of aryl methyl sites for hydroxylation is 1. The number of hydrogen-bond donors (Lipinski definition) is 1. The zero-order chi connectivity index (χ0) is 12.7. The van der Waals surface area contributed by atoms with Gasteiger partial charge in [-0.05, 0) is 30.5 Å². The molecule has 0 saturated carbocycles. The van der Waals surface area contributed by atoms with Crippen molar-refractivity contribution in [2.45, 2.75) is 17.7 Å². The van der Waals surface area contributed by atoms with Gasteiger partial charge in [0.25, 0.3) is 0 Å². The van der Waals surface area contributed by atoms with E-state index < -0.39 is 10.0 Å². The van der Waals surface area contributed by atoms with Gasteiger partial charge in [-0.2, -0.15) is 0 Å². The first-order valence-corrected chi connectivity index (χ1v) is 7.37. The van der Waals surface area contributed by atoms with Crippen molar-refractivity contribution in [1.29, 1.82) is 0 Å². The topological polar surface area (TPSA) is 46.2 Å². The van der Waals surface area contributed by atoms with E-state index in [1.165, 1.54) is 0 Å². The second kappa shape index (κ2) is 6.79. The highest BCUT2D eigenvalue weighted by atomic mass is 35.5. The van der Waals surface area contributed by atoms with Gasteiger partial charge < -0.3 is 0 Å². The average molecular weight is 274 g/mol. The van der Waals surface area contributed by atoms with Crippen LogP contribution in [0.2, 0.25) is 0 Å². The summed E-state index contributed by atoms with van der Waals surface area (Å²) in [5, 5.41) is 0. The molecule has 0 fully saturated rings. The van der Waals surface area contributed by atoms with Crippen LogP contribution in [0.5, 0.6) is 0 Å². The van der Waals surface area contributed by atoms with Gasteiger partial charge in [0, 0.05) is 12.4 Å². The molecular weight excluding hydrogens is 258 g/mol. The van der Waals surface area contributed by atoms with E-state index in [-0.39, 0.29) is 4.90 Å². The molecule has 0 unspecified atom stereocenters. The molecule has 0 spiro atoms. The number of nitrogens with one attached hydrogen (secondary N) is 1. The maximum atomic E-state index is 11.8. The zero-order valence-corrected chi connectivity index (χ0v) is 11.1. The SMILES string of the molecule is C=CCCNS(=O)(=O)c1ccc(CCCl)cc1. The first-order chi connectivity index (χ1) is 8.10. The van der Waals surface area contributed by atoms with Crippen LogP contribution in [0, 0.1) is 0 Å². The third kappa shape index (κ3) is 4.50. The zero-order valence-electron chi connectivity index (χ0n) is 9.52. The van der Waals surface area contributed by atoms with Crippen LogP contribution in [0.15, 0.2) is 41.8 Å². The molecule has 0 radical (unpaired) electrons. The van der Waals surface area contributed by atoms with Gasteiger partial charge in [0.15, 0.2) is 0 Å². The van der Waals surface area contributed by atoms with Crippen LogP contribution in [-0.4, -0.2) is 20.8 Å². The van der Waals surface area contributed by atoms with E-state index in [1.807, 2.05) is 0 Å². The van der Waals surface area contributed by atoms with Crippen molar-refractivity contribution in [3.63, 3.8) is 0 Å². The number of alkyl halides is 1. The maximum absolute atomic E-state index is 11.8. The predicted octanol–water partition coefficient (Wildman–Crippen LogP) is 2.32. The van der Waals surface area contributed by atoms with Crippen LogP contribution >= 0.6 is 11.6 Å². The number of rotatable bonds is 7. The van der Waals surface area contributed by atoms with Crippen LogP contribution < -0.4 is 4.72 Å². The van der Waals surface area contributed by atoms with E-state index in [4.69, 9.17) is 11.6 Å². The van der Waals surface area contributed by atoms with Gasteiger partial charge in [0.2, 0.25) is 10.0 Å². The largest absolute Gasteiger partial charge is 0.240 e. The third-order valence-corrected chi connectivity index (χ3v) is 3.92. The highest BCUT2D eigenvalue weighted by molar-refractivity contribution is 7.89. The van der Waals surface area contributed by atoms with Crippen LogP contribution in [0.1, 0.15) is 12.0 Å². The summed E-state index contributed by atoms with van der Waals surface area (Å²) in [5.74, 6) is 0.531. The van der Waals surface area contributed by atoms with Crippen molar-refractivity contribution in [3.05, 3.63) is 42.5 Å². The molecule has 0 amide bonds. The molecule has 0 saturated heterocycles. The fraction of sp³-hybridized carbons (Fsp3) is 0.333. The Bertz CT molecular complexity index is 454. The summed E-state index contributed by atoms with van der Waals surface area (Å²) >= 11 is 5.61. The van der Waals surface area contributed by atoms with Gasteiger partial charge in [-0.1, -0.05) is 18.2 Å². The third-order valence-electron chi connectivity index (χ3n) is 2.26. The first kappa shape index (κ1) is 14.2. The number of benzene rings is 1. The monoisotopic (exact) mass is 273 g/mol. The van der Waals surface area contributed by atoms with Gasteiger partial charge in [-0.25, -0.2) is 13.1 Å². The van der Waals surface area contributed by atoms with E-state index in [0.29, 0.717) is 18.8 Å². The molecule has 0 aromatic heterocycles. The van der Waals surface area contributed by atoms with Gasteiger partial charge in [0.1, 0.15) is 0 Å². The normalized spacial score (nSPS) is 11.4. The lowest BCUT2D eigenvalue weighted by atomic mass is 10.2. The van der Waals surface area contributed by atoms with Crippen LogP contribution in [0.3, 0.4) is 0 Å². The smallest absolute Gasteiger partial charge is 0.211 e. The average Bonchev–Trinajstić information content (AvgIpc) is 2.30. The number of sulfonamides is 1. The molecule has 0 aliphatic carbocycles. The fourth-order valence-corrected chi connectivity index (χ4v) is 2.59. The van der Waals surface area contributed by atoms with Crippen molar-refractivity contribution < 1.29 is 8.42 Å². The first-order valence-electron chi connectivity index (χ1n) is 5.35. The molecule has 0 heterocycles. The van der Waals surface area contributed by atoms with Crippen LogP contribution in [0.4, 0.5) is 0 Å². The molecule has 0 aliphatic rings. The Morgan fingerprint density at radius 3 is 2.47 bits per heavy atom. The van der Waals surface area contributed by atoms with E-state index in [0.717, 1.165) is 12.0 Å². The van der Waals surface area contributed by atoms with Crippen LogP contribution in [-0.2, 0) is 16.4 Å². The van der Waals surface area contributed by atoms with Crippen LogP contribution in [0.25, 0.3) is 0 Å². The summed E-state index contributed by atoms with van der Waals surface area (Å²) in [4.78, 5) is 0.278. The lowest BCUT2D eigenvalue weighted by Gasteiger charge is -2.06. The Kier molecular flexibility index (Phi) is 5.68. The molecule has 3 nitrogen and oxygen atoms in total. The summed E-state index contributed by atoms with van der Waals surface area (Å²) in [5.41, 5.74) is 1.03. The van der Waals surface area contributed by atoms with Crippen molar-refractivity contribution in [3.8, 4) is 0 Å². The highest BCUT2D eigenvalue weighted by Crippen LogP contribution is 2.11. The summed E-state index contributed by atoms with van der Waals surface area (Å²) in [6.45, 7) is 3.91. The number of hydrogen-bond acceptors (Lipinski definition) is 2. The predicted molar refractivity (Wildman–Crippen MR) is 70.9 cm³/mol. The van der Waals surface area contributed by atoms with Crippen molar-refractivity contribution in [1.82, 2.24) is 4.72 Å². The molecule has 17 heavy (non-hydrogen) atoms. The summed E-state index contributed by atoms with van der Waals surface area (Å²) in [6.07, 6.45) is 3.03. The number of halogens is 1. The van der Waals surface area contributed by atoms with E-state index in [1.54, 1.807) is 30.3 Å². The second-order valence-corrected chi connectivity index (χ2v) is 5.70. The van der Waals surface area contributed by atoms with Crippen molar-refractivity contribution in [2.75, 3.05) is 12.4 Å². The molecule has 0 aliphatic heterocycles. The minimum Gasteiger partial charge on any atom is -0.211 e. The summed E-state index contributed by atoms with van der Waals surface area (Å²) < 4.78 is 26.1. The molecular formula is C12H16ClNO2S. The lowest BCUT2D eigenvalue weighted by Crippen LogP contribution is -2.24. The molecule has 1 rings (SSSR count). The minimum atomic E-state index is -3.39. The quantitative estimate of drug-likeness (QED) is 0.471. The Morgan fingerprint density at radius 1 is 1.29 bits per heavy atom. The molecule has 0 bridgehead atoms. The van der Waals surface area contributed by atoms with E-state index >= 15 is 0 Å². The van der Waals surface area contributed by atoms with Gasteiger partial charge >= 0.3 is 0 Å². The Hall–Kier alpha value is -0.840. The minimum absolute atomic E-state index is 0.278. The van der Waals surface area contributed by atoms with Gasteiger partial charge in [-0.3, -0.25) is 0 Å². The molecule has 1 aromatic rings. The Labute approximate surface area is 108 Å². The van der Waals surface area contributed by atoms with E-state index in [2.05, 4.69) is 11.3 Å².